The van der Waals surface area contributed by atoms with Gasteiger partial charge in [0.25, 0.3) is 5.91 Å². The summed E-state index contributed by atoms with van der Waals surface area (Å²) in [7, 11) is 0. The van der Waals surface area contributed by atoms with Crippen molar-refractivity contribution in [3.05, 3.63) is 0 Å². The first kappa shape index (κ1) is 17.4. The molecule has 4 amide bonds. The predicted octanol–water partition coefficient (Wildman–Crippen LogP) is -1.04. The van der Waals surface area contributed by atoms with Crippen molar-refractivity contribution in [2.24, 2.45) is 0 Å². The summed E-state index contributed by atoms with van der Waals surface area (Å²) in [4.78, 5) is 36.7. The van der Waals surface area contributed by atoms with Gasteiger partial charge in [-0.05, 0) is 19.8 Å². The zero-order valence-corrected chi connectivity index (χ0v) is 12.6. The van der Waals surface area contributed by atoms with Gasteiger partial charge < -0.3 is 20.8 Å². The van der Waals surface area contributed by atoms with Crippen molar-refractivity contribution < 1.29 is 24.6 Å². The molecule has 21 heavy (non-hydrogen) atoms. The first-order valence-corrected chi connectivity index (χ1v) is 6.94. The fraction of sp³-hybridized carbons (Fsp3) is 0.769. The van der Waals surface area contributed by atoms with Crippen molar-refractivity contribution in [3.63, 3.8) is 0 Å². The number of aliphatic hydroxyl groups excluding tert-OH is 2. The third kappa shape index (κ3) is 3.33. The first-order chi connectivity index (χ1) is 9.77. The molecule has 8 nitrogen and oxygen atoms in total. The number of hydrogen-bond acceptors (Lipinski definition) is 5. The van der Waals surface area contributed by atoms with Crippen LogP contribution in [0.15, 0.2) is 0 Å². The molecular weight excluding hydrogens is 278 g/mol. The molecule has 1 atom stereocenters. The van der Waals surface area contributed by atoms with E-state index in [9.17, 15) is 24.6 Å². The predicted molar refractivity (Wildman–Crippen MR) is 74.3 cm³/mol. The van der Waals surface area contributed by atoms with E-state index >= 15 is 0 Å². The quantitative estimate of drug-likeness (QED) is 0.448. The van der Waals surface area contributed by atoms with Crippen LogP contribution in [0.25, 0.3) is 0 Å². The molecule has 0 bridgehead atoms. The Morgan fingerprint density at radius 1 is 1.33 bits per heavy atom. The van der Waals surface area contributed by atoms with E-state index < -0.39 is 48.7 Å². The third-order valence-corrected chi connectivity index (χ3v) is 4.04. The van der Waals surface area contributed by atoms with Crippen molar-refractivity contribution in [1.29, 1.82) is 0 Å². The molecule has 0 aliphatic carbocycles. The second-order valence-corrected chi connectivity index (χ2v) is 5.51. The van der Waals surface area contributed by atoms with Crippen LogP contribution in [0.2, 0.25) is 0 Å². The molecule has 0 radical (unpaired) electrons. The number of aliphatic hydroxyl groups is 2. The lowest BCUT2D eigenvalue weighted by Gasteiger charge is -2.30. The molecule has 4 N–H and O–H groups in total. The maximum Gasteiger partial charge on any atom is 0.325 e. The van der Waals surface area contributed by atoms with Crippen molar-refractivity contribution in [1.82, 2.24) is 15.5 Å². The zero-order chi connectivity index (χ0) is 16.3. The highest BCUT2D eigenvalue weighted by Gasteiger charge is 2.47. The van der Waals surface area contributed by atoms with E-state index in [4.69, 9.17) is 0 Å². The van der Waals surface area contributed by atoms with Crippen LogP contribution in [0.3, 0.4) is 0 Å². The normalized spacial score (nSPS) is 22.4. The Labute approximate surface area is 123 Å². The summed E-state index contributed by atoms with van der Waals surface area (Å²) in [6, 6.07) is -0.616. The Balaban J connectivity index is 2.76. The summed E-state index contributed by atoms with van der Waals surface area (Å²) >= 11 is 0. The van der Waals surface area contributed by atoms with E-state index in [0.29, 0.717) is 12.8 Å². The third-order valence-electron chi connectivity index (χ3n) is 4.04. The Bertz CT molecular complexity index is 427. The number of nitrogens with zero attached hydrogens (tertiary/aromatic N) is 1. The SMILES string of the molecule is CCC(CO)(CO)NC(=O)CN1C(=O)NC(C)(CC)C1=O. The zero-order valence-electron chi connectivity index (χ0n) is 12.6. The van der Waals surface area contributed by atoms with Crippen molar-refractivity contribution in [2.45, 2.75) is 44.7 Å². The summed E-state index contributed by atoms with van der Waals surface area (Å²) < 4.78 is 0. The number of carbonyl (C=O) groups excluding carboxylic acids is 3. The number of amides is 4. The van der Waals surface area contributed by atoms with Gasteiger partial charge in [-0.15, -0.1) is 0 Å². The minimum atomic E-state index is -1.15. The molecule has 1 rings (SSSR count). The van der Waals surface area contributed by atoms with Gasteiger partial charge in [0, 0.05) is 0 Å². The van der Waals surface area contributed by atoms with E-state index in [-0.39, 0.29) is 0 Å². The number of imide groups is 1. The van der Waals surface area contributed by atoms with Gasteiger partial charge in [-0.2, -0.15) is 0 Å². The van der Waals surface area contributed by atoms with Crippen LogP contribution in [0.5, 0.6) is 0 Å². The van der Waals surface area contributed by atoms with E-state index in [1.54, 1.807) is 20.8 Å². The Kier molecular flexibility index (Phi) is 5.30. The standard InChI is InChI=1S/C13H23N3O5/c1-4-12(3)10(20)16(11(21)15-12)6-9(19)14-13(5-2,7-17)8-18/h17-18H,4-8H2,1-3H3,(H,14,19)(H,15,21). The maximum atomic E-state index is 12.1. The molecule has 1 fully saturated rings. The molecule has 0 saturated carbocycles. The molecule has 1 aliphatic rings. The Morgan fingerprint density at radius 2 is 1.90 bits per heavy atom. The van der Waals surface area contributed by atoms with Crippen molar-refractivity contribution in [3.8, 4) is 0 Å². The lowest BCUT2D eigenvalue weighted by atomic mass is 9.98. The largest absolute Gasteiger partial charge is 0.394 e. The molecule has 1 aliphatic heterocycles. The van der Waals surface area contributed by atoms with Crippen LogP contribution in [0.1, 0.15) is 33.6 Å². The average Bonchev–Trinajstić information content (AvgIpc) is 2.69. The number of rotatable bonds is 7. The minimum absolute atomic E-state index is 0.318. The molecule has 0 aromatic rings. The van der Waals surface area contributed by atoms with E-state index in [1.807, 2.05) is 0 Å². The number of hydrogen-bond donors (Lipinski definition) is 4. The number of urea groups is 1. The van der Waals surface area contributed by atoms with Gasteiger partial charge in [-0.1, -0.05) is 13.8 Å². The summed E-state index contributed by atoms with van der Waals surface area (Å²) in [5.74, 6) is -1.07. The summed E-state index contributed by atoms with van der Waals surface area (Å²) in [6.07, 6.45) is 0.737. The number of carbonyl (C=O) groups is 3. The van der Waals surface area contributed by atoms with Crippen LogP contribution >= 0.6 is 0 Å². The topological polar surface area (TPSA) is 119 Å². The van der Waals surface area contributed by atoms with Crippen LogP contribution in [-0.4, -0.2) is 63.8 Å². The van der Waals surface area contributed by atoms with E-state index in [0.717, 1.165) is 4.90 Å². The van der Waals surface area contributed by atoms with Gasteiger partial charge in [0.05, 0.1) is 18.8 Å². The molecule has 0 aromatic carbocycles. The monoisotopic (exact) mass is 301 g/mol. The molecule has 1 unspecified atom stereocenters. The van der Waals surface area contributed by atoms with Crippen molar-refractivity contribution in [2.75, 3.05) is 19.8 Å². The smallest absolute Gasteiger partial charge is 0.325 e. The molecule has 0 aromatic heterocycles. The van der Waals surface area contributed by atoms with Gasteiger partial charge in [0.2, 0.25) is 5.91 Å². The van der Waals surface area contributed by atoms with Crippen LogP contribution < -0.4 is 10.6 Å². The molecule has 1 saturated heterocycles. The fourth-order valence-electron chi connectivity index (χ4n) is 2.05. The molecule has 1 heterocycles. The Hall–Kier alpha value is -1.67. The van der Waals surface area contributed by atoms with Crippen LogP contribution in [-0.2, 0) is 9.59 Å². The lowest BCUT2D eigenvalue weighted by molar-refractivity contribution is -0.135. The number of nitrogens with one attached hydrogen (secondary N) is 2. The summed E-state index contributed by atoms with van der Waals surface area (Å²) in [5, 5.41) is 23.6. The Morgan fingerprint density at radius 3 is 2.29 bits per heavy atom. The summed E-state index contributed by atoms with van der Waals surface area (Å²) in [6.45, 7) is 3.76. The van der Waals surface area contributed by atoms with Gasteiger partial charge in [-0.25, -0.2) is 4.79 Å². The van der Waals surface area contributed by atoms with Gasteiger partial charge >= 0.3 is 6.03 Å². The maximum absolute atomic E-state index is 12.1. The summed E-state index contributed by atoms with van der Waals surface area (Å²) in [5.41, 5.74) is -2.14. The van der Waals surface area contributed by atoms with Gasteiger partial charge in [0.1, 0.15) is 12.1 Å². The molecule has 8 heteroatoms. The first-order valence-electron chi connectivity index (χ1n) is 6.94. The van der Waals surface area contributed by atoms with E-state index in [2.05, 4.69) is 10.6 Å². The average molecular weight is 301 g/mol. The molecule has 120 valence electrons. The highest BCUT2D eigenvalue weighted by Crippen LogP contribution is 2.20. The van der Waals surface area contributed by atoms with Gasteiger partial charge in [0.15, 0.2) is 0 Å². The lowest BCUT2D eigenvalue weighted by Crippen LogP contribution is -2.56. The van der Waals surface area contributed by atoms with Gasteiger partial charge in [-0.3, -0.25) is 14.5 Å². The fourth-order valence-corrected chi connectivity index (χ4v) is 2.05. The van der Waals surface area contributed by atoms with E-state index in [1.165, 1.54) is 0 Å². The van der Waals surface area contributed by atoms with Crippen LogP contribution in [0, 0.1) is 0 Å². The second kappa shape index (κ2) is 6.40. The highest BCUT2D eigenvalue weighted by molar-refractivity contribution is 6.08. The second-order valence-electron chi connectivity index (χ2n) is 5.51. The minimum Gasteiger partial charge on any atom is -0.394 e. The van der Waals surface area contributed by atoms with Crippen LogP contribution in [0.4, 0.5) is 4.79 Å². The van der Waals surface area contributed by atoms with Crippen molar-refractivity contribution >= 4 is 17.8 Å². The highest BCUT2D eigenvalue weighted by atomic mass is 16.3. The molecular formula is C13H23N3O5. The molecule has 0 spiro atoms.